The average molecular weight is 264 g/mol. The summed E-state index contributed by atoms with van der Waals surface area (Å²) in [6, 6.07) is 6.51. The third-order valence-corrected chi connectivity index (χ3v) is 3.03. The van der Waals surface area contributed by atoms with E-state index >= 15 is 0 Å². The molecule has 0 atom stereocenters. The highest BCUT2D eigenvalue weighted by molar-refractivity contribution is 7.13. The van der Waals surface area contributed by atoms with Gasteiger partial charge in [0.2, 0.25) is 0 Å². The van der Waals surface area contributed by atoms with Crippen LogP contribution >= 0.6 is 22.9 Å². The van der Waals surface area contributed by atoms with E-state index in [9.17, 15) is 13.2 Å². The number of nitrogens with zero attached hydrogens (tertiary/aromatic N) is 1. The number of benzene rings is 1. The summed E-state index contributed by atoms with van der Waals surface area (Å²) in [6.07, 6.45) is -4.39. The molecule has 1 heterocycles. The zero-order valence-electron chi connectivity index (χ0n) is 7.75. The van der Waals surface area contributed by atoms with Crippen molar-refractivity contribution >= 4 is 22.9 Å². The van der Waals surface area contributed by atoms with Crippen LogP contribution in [0, 0.1) is 0 Å². The quantitative estimate of drug-likeness (QED) is 0.739. The van der Waals surface area contributed by atoms with Crippen LogP contribution in [-0.2, 0) is 6.18 Å². The van der Waals surface area contributed by atoms with Crippen molar-refractivity contribution in [2.45, 2.75) is 6.18 Å². The molecule has 2 rings (SSSR count). The van der Waals surface area contributed by atoms with Crippen molar-refractivity contribution in [3.05, 3.63) is 40.4 Å². The smallest absolute Gasteiger partial charge is 0.232 e. The lowest BCUT2D eigenvalue weighted by molar-refractivity contribution is -0.140. The van der Waals surface area contributed by atoms with Crippen LogP contribution in [0.4, 0.5) is 13.2 Å². The first-order valence-electron chi connectivity index (χ1n) is 4.25. The molecule has 1 nitrogen and oxygen atoms in total. The molecule has 1 aromatic heterocycles. The maximum Gasteiger partial charge on any atom is 0.434 e. The first kappa shape index (κ1) is 11.4. The van der Waals surface area contributed by atoms with Crippen LogP contribution in [0.3, 0.4) is 0 Å². The van der Waals surface area contributed by atoms with Gasteiger partial charge in [0.05, 0.1) is 0 Å². The Morgan fingerprint density at radius 2 is 1.75 bits per heavy atom. The van der Waals surface area contributed by atoms with Gasteiger partial charge in [-0.2, -0.15) is 13.2 Å². The highest BCUT2D eigenvalue weighted by atomic mass is 35.5. The molecule has 0 spiro atoms. The van der Waals surface area contributed by atoms with Gasteiger partial charge in [0.1, 0.15) is 5.01 Å². The number of hydrogen-bond acceptors (Lipinski definition) is 2. The molecule has 0 aliphatic rings. The molecule has 0 saturated carbocycles. The van der Waals surface area contributed by atoms with E-state index in [0.29, 0.717) is 15.6 Å². The Kier molecular flexibility index (Phi) is 2.90. The highest BCUT2D eigenvalue weighted by Gasteiger charge is 2.33. The van der Waals surface area contributed by atoms with Gasteiger partial charge in [-0.05, 0) is 12.1 Å². The van der Waals surface area contributed by atoms with Gasteiger partial charge in [0, 0.05) is 16.0 Å². The maximum atomic E-state index is 12.3. The molecule has 0 unspecified atom stereocenters. The Balaban J connectivity index is 2.35. The molecular weight excluding hydrogens is 259 g/mol. The predicted octanol–water partition coefficient (Wildman–Crippen LogP) is 4.48. The molecule has 16 heavy (non-hydrogen) atoms. The summed E-state index contributed by atoms with van der Waals surface area (Å²) in [5.41, 5.74) is -0.229. The standard InChI is InChI=1S/C10H5ClF3NS/c11-7-3-1-6(2-4-7)9-15-8(5-16-9)10(12,13)14/h1-5H. The summed E-state index contributed by atoms with van der Waals surface area (Å²) in [5.74, 6) is 0. The Morgan fingerprint density at radius 3 is 2.25 bits per heavy atom. The van der Waals surface area contributed by atoms with E-state index in [4.69, 9.17) is 11.6 Å². The zero-order chi connectivity index (χ0) is 11.8. The summed E-state index contributed by atoms with van der Waals surface area (Å²) < 4.78 is 36.9. The molecule has 1 aromatic carbocycles. The van der Waals surface area contributed by atoms with Gasteiger partial charge < -0.3 is 0 Å². The molecule has 0 bridgehead atoms. The minimum Gasteiger partial charge on any atom is -0.232 e. The highest BCUT2D eigenvalue weighted by Crippen LogP contribution is 2.33. The SMILES string of the molecule is FC(F)(F)c1csc(-c2ccc(Cl)cc2)n1. The fraction of sp³-hybridized carbons (Fsp3) is 0.100. The van der Waals surface area contributed by atoms with Gasteiger partial charge in [0.15, 0.2) is 5.69 Å². The fourth-order valence-electron chi connectivity index (χ4n) is 1.13. The van der Waals surface area contributed by atoms with Crippen molar-refractivity contribution in [3.8, 4) is 10.6 Å². The van der Waals surface area contributed by atoms with Crippen LogP contribution in [0.15, 0.2) is 29.6 Å². The van der Waals surface area contributed by atoms with Crippen LogP contribution in [0.5, 0.6) is 0 Å². The molecule has 0 amide bonds. The third kappa shape index (κ3) is 2.36. The second-order valence-corrected chi connectivity index (χ2v) is 4.34. The van der Waals surface area contributed by atoms with Crippen molar-refractivity contribution in [1.82, 2.24) is 4.98 Å². The predicted molar refractivity (Wildman–Crippen MR) is 57.6 cm³/mol. The minimum absolute atomic E-state index is 0.337. The van der Waals surface area contributed by atoms with Crippen molar-refractivity contribution in [2.24, 2.45) is 0 Å². The molecule has 6 heteroatoms. The largest absolute Gasteiger partial charge is 0.434 e. The average Bonchev–Trinajstić information content (AvgIpc) is 2.67. The summed E-state index contributed by atoms with van der Waals surface area (Å²) in [5, 5.41) is 1.88. The monoisotopic (exact) mass is 263 g/mol. The zero-order valence-corrected chi connectivity index (χ0v) is 9.33. The van der Waals surface area contributed by atoms with Gasteiger partial charge in [0.25, 0.3) is 0 Å². The van der Waals surface area contributed by atoms with Crippen molar-refractivity contribution < 1.29 is 13.2 Å². The lowest BCUT2D eigenvalue weighted by Crippen LogP contribution is -2.04. The summed E-state index contributed by atoms with van der Waals surface area (Å²) in [4.78, 5) is 3.53. The lowest BCUT2D eigenvalue weighted by atomic mass is 10.2. The molecular formula is C10H5ClF3NS. The molecule has 0 fully saturated rings. The van der Waals surface area contributed by atoms with Gasteiger partial charge in [-0.15, -0.1) is 11.3 Å². The van der Waals surface area contributed by atoms with E-state index in [-0.39, 0.29) is 0 Å². The van der Waals surface area contributed by atoms with E-state index in [1.54, 1.807) is 24.3 Å². The van der Waals surface area contributed by atoms with Gasteiger partial charge in [-0.1, -0.05) is 23.7 Å². The fourth-order valence-corrected chi connectivity index (χ4v) is 2.09. The topological polar surface area (TPSA) is 12.9 Å². The number of hydrogen-bond donors (Lipinski definition) is 0. The first-order valence-corrected chi connectivity index (χ1v) is 5.51. The molecule has 0 radical (unpaired) electrons. The lowest BCUT2D eigenvalue weighted by Gasteiger charge is -2.00. The van der Waals surface area contributed by atoms with Crippen molar-refractivity contribution in [1.29, 1.82) is 0 Å². The second-order valence-electron chi connectivity index (χ2n) is 3.04. The van der Waals surface area contributed by atoms with Gasteiger partial charge in [-0.3, -0.25) is 0 Å². The molecule has 0 aliphatic heterocycles. The normalized spacial score (nSPS) is 11.8. The Bertz CT molecular complexity index is 490. The third-order valence-electron chi connectivity index (χ3n) is 1.89. The minimum atomic E-state index is -4.39. The number of alkyl halides is 3. The van der Waals surface area contributed by atoms with E-state index in [1.807, 2.05) is 0 Å². The Labute approximate surface area is 98.5 Å². The van der Waals surface area contributed by atoms with Crippen LogP contribution in [0.1, 0.15) is 5.69 Å². The number of aromatic nitrogens is 1. The number of thiazole rings is 1. The first-order chi connectivity index (χ1) is 7.47. The second kappa shape index (κ2) is 4.07. The summed E-state index contributed by atoms with van der Waals surface area (Å²) in [6.45, 7) is 0. The van der Waals surface area contributed by atoms with E-state index in [0.717, 1.165) is 16.7 Å². The van der Waals surface area contributed by atoms with E-state index < -0.39 is 11.9 Å². The molecule has 2 aromatic rings. The molecule has 0 N–H and O–H groups in total. The summed E-state index contributed by atoms with van der Waals surface area (Å²) >= 11 is 6.64. The Hall–Kier alpha value is -1.07. The van der Waals surface area contributed by atoms with Crippen LogP contribution in [0.25, 0.3) is 10.6 Å². The number of rotatable bonds is 1. The molecule has 84 valence electrons. The summed E-state index contributed by atoms with van der Waals surface area (Å²) in [7, 11) is 0. The van der Waals surface area contributed by atoms with Crippen molar-refractivity contribution in [2.75, 3.05) is 0 Å². The Morgan fingerprint density at radius 1 is 1.12 bits per heavy atom. The van der Waals surface area contributed by atoms with E-state index in [2.05, 4.69) is 4.98 Å². The van der Waals surface area contributed by atoms with Crippen LogP contribution in [0.2, 0.25) is 5.02 Å². The van der Waals surface area contributed by atoms with Crippen molar-refractivity contribution in [3.63, 3.8) is 0 Å². The van der Waals surface area contributed by atoms with Gasteiger partial charge >= 0.3 is 6.18 Å². The maximum absolute atomic E-state index is 12.3. The van der Waals surface area contributed by atoms with Crippen LogP contribution < -0.4 is 0 Å². The van der Waals surface area contributed by atoms with Crippen LogP contribution in [-0.4, -0.2) is 4.98 Å². The molecule has 0 saturated heterocycles. The number of halogens is 4. The van der Waals surface area contributed by atoms with E-state index in [1.165, 1.54) is 0 Å². The van der Waals surface area contributed by atoms with Gasteiger partial charge in [-0.25, -0.2) is 4.98 Å². The molecule has 0 aliphatic carbocycles.